The molecule has 0 fully saturated rings. The van der Waals surface area contributed by atoms with E-state index in [0.29, 0.717) is 0 Å². The lowest BCUT2D eigenvalue weighted by atomic mass is 10.1. The summed E-state index contributed by atoms with van der Waals surface area (Å²) in [5.74, 6) is 1.04. The fourth-order valence-electron chi connectivity index (χ4n) is 5.34. The number of rotatable bonds is 1. The molecule has 7 aromatic rings. The quantitative estimate of drug-likeness (QED) is 0.189. The number of benzene rings is 4. The Bertz CT molecular complexity index is 1920. The van der Waals surface area contributed by atoms with Gasteiger partial charge in [-0.3, -0.25) is 0 Å². The van der Waals surface area contributed by atoms with E-state index in [1.54, 1.807) is 0 Å². The number of imidazole rings is 2. The Hall–Kier alpha value is -4.78. The number of nitrogens with zero attached hydrogens (tertiary/aromatic N) is 7. The van der Waals surface area contributed by atoms with Gasteiger partial charge in [-0.1, -0.05) is 71.9 Å². The van der Waals surface area contributed by atoms with Crippen molar-refractivity contribution < 1.29 is 0 Å². The Morgan fingerprint density at radius 1 is 0.489 bits per heavy atom. The standard InChI is InChI=1S/C17H18N2.C11H14N2.C10H13N3/c1-17(2,3)19-15-12-8-7-11-14(15)18-16(19)13-9-5-4-6-10-13;1-11(2,3)13-8-12-9-6-4-5-7-10(9)13;1-10(2,3)13-9-7-5-4-6-8(9)11-12-13/h4-12H,1-3H3;4-8H,1-3H3;4-7H,1-3H3. The first-order valence-electron chi connectivity index (χ1n) is 15.5. The molecule has 7 rings (SSSR count). The minimum atomic E-state index is -0.00387. The van der Waals surface area contributed by atoms with Crippen LogP contribution in [0.3, 0.4) is 0 Å². The van der Waals surface area contributed by atoms with Gasteiger partial charge in [0.15, 0.2) is 0 Å². The van der Waals surface area contributed by atoms with E-state index in [1.807, 2.05) is 65.6 Å². The fraction of sp³-hybridized carbons (Fsp3) is 0.316. The number of hydrogen-bond acceptors (Lipinski definition) is 4. The van der Waals surface area contributed by atoms with Crippen LogP contribution < -0.4 is 0 Å². The van der Waals surface area contributed by atoms with E-state index in [-0.39, 0.29) is 16.6 Å². The van der Waals surface area contributed by atoms with Crippen molar-refractivity contribution in [2.45, 2.75) is 78.9 Å². The summed E-state index contributed by atoms with van der Waals surface area (Å²) >= 11 is 0. The molecule has 0 N–H and O–H groups in total. The summed E-state index contributed by atoms with van der Waals surface area (Å²) in [7, 11) is 0. The molecule has 0 aliphatic rings. The van der Waals surface area contributed by atoms with Gasteiger partial charge in [-0.05, 0) is 98.7 Å². The van der Waals surface area contributed by atoms with Crippen LogP contribution in [0.5, 0.6) is 0 Å². The first-order chi connectivity index (χ1) is 21.2. The van der Waals surface area contributed by atoms with Crippen LogP contribution in [-0.4, -0.2) is 34.1 Å². The number of hydrogen-bond donors (Lipinski definition) is 0. The number of fused-ring (bicyclic) bond motifs is 3. The van der Waals surface area contributed by atoms with Gasteiger partial charge in [0.2, 0.25) is 0 Å². The minimum absolute atomic E-state index is 0.00127. The molecule has 4 aromatic carbocycles. The molecular formula is C38H45N7. The molecule has 0 aliphatic carbocycles. The Kier molecular flexibility index (Phi) is 8.66. The molecule has 232 valence electrons. The van der Waals surface area contributed by atoms with Crippen LogP contribution in [0.4, 0.5) is 0 Å². The van der Waals surface area contributed by atoms with Crippen molar-refractivity contribution in [3.05, 3.63) is 109 Å². The molecule has 3 heterocycles. The van der Waals surface area contributed by atoms with Crippen molar-refractivity contribution in [1.29, 1.82) is 0 Å². The maximum atomic E-state index is 4.81. The van der Waals surface area contributed by atoms with Crippen LogP contribution in [0.25, 0.3) is 44.5 Å². The third-order valence-corrected chi connectivity index (χ3v) is 7.43. The molecule has 0 unspecified atom stereocenters. The molecule has 45 heavy (non-hydrogen) atoms. The second-order valence-electron chi connectivity index (χ2n) is 14.2. The van der Waals surface area contributed by atoms with E-state index < -0.39 is 0 Å². The van der Waals surface area contributed by atoms with Gasteiger partial charge in [0.05, 0.1) is 39.4 Å². The highest BCUT2D eigenvalue weighted by Gasteiger charge is 2.22. The topological polar surface area (TPSA) is 66.3 Å². The summed E-state index contributed by atoms with van der Waals surface area (Å²) in [6.45, 7) is 19.5. The van der Waals surface area contributed by atoms with Crippen LogP contribution in [0, 0.1) is 0 Å². The van der Waals surface area contributed by atoms with Gasteiger partial charge in [-0.25, -0.2) is 14.6 Å². The zero-order valence-corrected chi connectivity index (χ0v) is 28.0. The average Bonchev–Trinajstić information content (AvgIpc) is 3.73. The SMILES string of the molecule is CC(C)(C)n1c(-c2ccccc2)nc2ccccc21.CC(C)(C)n1cnc2ccccc21.CC(C)(C)n1nnc2ccccc21. The van der Waals surface area contributed by atoms with Gasteiger partial charge in [0.1, 0.15) is 11.3 Å². The first kappa shape index (κ1) is 31.6. The minimum Gasteiger partial charge on any atom is -0.325 e. The summed E-state index contributed by atoms with van der Waals surface area (Å²) in [6, 6.07) is 34.9. The molecule has 7 heteroatoms. The third-order valence-electron chi connectivity index (χ3n) is 7.43. The highest BCUT2D eigenvalue weighted by atomic mass is 15.4. The van der Waals surface area contributed by atoms with Crippen LogP contribution in [0.2, 0.25) is 0 Å². The van der Waals surface area contributed by atoms with Gasteiger partial charge >= 0.3 is 0 Å². The van der Waals surface area contributed by atoms with E-state index in [9.17, 15) is 0 Å². The number of para-hydroxylation sites is 5. The van der Waals surface area contributed by atoms with E-state index >= 15 is 0 Å². The Morgan fingerprint density at radius 2 is 1.02 bits per heavy atom. The van der Waals surface area contributed by atoms with Gasteiger partial charge in [-0.15, -0.1) is 5.10 Å². The lowest BCUT2D eigenvalue weighted by molar-refractivity contribution is 0.358. The highest BCUT2D eigenvalue weighted by molar-refractivity contribution is 5.81. The molecule has 3 aromatic heterocycles. The maximum absolute atomic E-state index is 4.81. The monoisotopic (exact) mass is 599 g/mol. The van der Waals surface area contributed by atoms with Crippen LogP contribution in [0.15, 0.2) is 109 Å². The zero-order valence-electron chi connectivity index (χ0n) is 28.0. The van der Waals surface area contributed by atoms with E-state index in [2.05, 4.69) is 135 Å². The first-order valence-corrected chi connectivity index (χ1v) is 15.5. The van der Waals surface area contributed by atoms with Crippen molar-refractivity contribution in [2.75, 3.05) is 0 Å². The van der Waals surface area contributed by atoms with Gasteiger partial charge in [0.25, 0.3) is 0 Å². The third kappa shape index (κ3) is 6.98. The summed E-state index contributed by atoms with van der Waals surface area (Å²) in [6.07, 6.45) is 1.91. The molecule has 0 atom stereocenters. The maximum Gasteiger partial charge on any atom is 0.141 e. The summed E-state index contributed by atoms with van der Waals surface area (Å²) < 4.78 is 6.46. The molecule has 0 saturated heterocycles. The van der Waals surface area contributed by atoms with Crippen molar-refractivity contribution >= 4 is 33.1 Å². The Balaban J connectivity index is 0.000000137. The fourth-order valence-corrected chi connectivity index (χ4v) is 5.34. The lowest BCUT2D eigenvalue weighted by Crippen LogP contribution is -2.22. The molecule has 0 spiro atoms. The highest BCUT2D eigenvalue weighted by Crippen LogP contribution is 2.31. The predicted octanol–water partition coefficient (Wildman–Crippen LogP) is 9.44. The van der Waals surface area contributed by atoms with Crippen molar-refractivity contribution in [2.24, 2.45) is 0 Å². The second-order valence-corrected chi connectivity index (χ2v) is 14.2. The van der Waals surface area contributed by atoms with Crippen LogP contribution >= 0.6 is 0 Å². The summed E-state index contributed by atoms with van der Waals surface area (Å²) in [4.78, 5) is 9.16. The normalized spacial score (nSPS) is 12.1. The van der Waals surface area contributed by atoms with Crippen molar-refractivity contribution in [3.8, 4) is 11.4 Å². The van der Waals surface area contributed by atoms with Crippen LogP contribution in [-0.2, 0) is 16.6 Å². The van der Waals surface area contributed by atoms with Crippen molar-refractivity contribution in [1.82, 2.24) is 34.1 Å². The van der Waals surface area contributed by atoms with Gasteiger partial charge in [-0.2, -0.15) is 0 Å². The Morgan fingerprint density at radius 3 is 1.62 bits per heavy atom. The smallest absolute Gasteiger partial charge is 0.141 e. The second kappa shape index (κ2) is 12.3. The number of aromatic nitrogens is 7. The van der Waals surface area contributed by atoms with Crippen molar-refractivity contribution in [3.63, 3.8) is 0 Å². The molecule has 0 aliphatic heterocycles. The molecule has 0 bridgehead atoms. The average molecular weight is 600 g/mol. The summed E-state index contributed by atoms with van der Waals surface area (Å²) in [5, 5.41) is 8.23. The van der Waals surface area contributed by atoms with Gasteiger partial charge in [0, 0.05) is 16.6 Å². The molecule has 0 radical (unpaired) electrons. The molecule has 0 amide bonds. The van der Waals surface area contributed by atoms with Crippen LogP contribution in [0.1, 0.15) is 62.3 Å². The van der Waals surface area contributed by atoms with E-state index in [4.69, 9.17) is 4.98 Å². The molecule has 7 nitrogen and oxygen atoms in total. The molecule has 0 saturated carbocycles. The predicted molar refractivity (Wildman–Crippen MR) is 187 cm³/mol. The molecular weight excluding hydrogens is 554 g/mol. The lowest BCUT2D eigenvalue weighted by Gasteiger charge is -2.24. The van der Waals surface area contributed by atoms with E-state index in [1.165, 1.54) is 11.0 Å². The largest absolute Gasteiger partial charge is 0.325 e. The van der Waals surface area contributed by atoms with E-state index in [0.717, 1.165) is 33.5 Å². The Labute approximate surface area is 266 Å². The van der Waals surface area contributed by atoms with Gasteiger partial charge < -0.3 is 9.13 Å². The zero-order chi connectivity index (χ0) is 32.4. The summed E-state index contributed by atoms with van der Waals surface area (Å²) in [5.41, 5.74) is 7.83.